The Hall–Kier alpha value is -0.0700. The topological polar surface area (TPSA) is 0 Å². The van der Waals surface area contributed by atoms with Crippen molar-refractivity contribution in [2.75, 3.05) is 0 Å². The summed E-state index contributed by atoms with van der Waals surface area (Å²) >= 11 is 0. The minimum atomic E-state index is 0.609. The molecule has 0 aliphatic rings. The van der Waals surface area contributed by atoms with E-state index in [4.69, 9.17) is 0 Å². The molecule has 0 bridgehead atoms. The zero-order valence-electron chi connectivity index (χ0n) is 4.95. The van der Waals surface area contributed by atoms with Gasteiger partial charge in [0.05, 0.1) is 0 Å². The third-order valence-electron chi connectivity index (χ3n) is 0.853. The largest absolute Gasteiger partial charge is 0.244 e. The van der Waals surface area contributed by atoms with Crippen molar-refractivity contribution >= 4 is 0 Å². The van der Waals surface area contributed by atoms with Crippen LogP contribution in [0.25, 0.3) is 0 Å². The van der Waals surface area contributed by atoms with Crippen LogP contribution >= 0.6 is 0 Å². The third-order valence-corrected chi connectivity index (χ3v) is 0.853. The van der Waals surface area contributed by atoms with Crippen LogP contribution in [0.1, 0.15) is 26.7 Å². The minimum Gasteiger partial charge on any atom is -0.244 e. The van der Waals surface area contributed by atoms with E-state index in [1.54, 1.807) is 0 Å². The smallest absolute Gasteiger partial charge is 0.131 e. The molecule has 0 nitrogen and oxygen atoms in total. The fourth-order valence-corrected chi connectivity index (χ4v) is 0.396. The van der Waals surface area contributed by atoms with E-state index in [0.717, 1.165) is 13.1 Å². The molecule has 43 valence electrons. The van der Waals surface area contributed by atoms with E-state index in [0.29, 0.717) is 12.3 Å². The van der Waals surface area contributed by atoms with Crippen LogP contribution in [0.3, 0.4) is 0 Å². The highest BCUT2D eigenvalue weighted by Gasteiger charge is 1.90. The molecule has 0 saturated carbocycles. The Bertz CT molecular complexity index is 33.2. The molecule has 0 heterocycles. The van der Waals surface area contributed by atoms with Gasteiger partial charge in [-0.15, -0.1) is 0 Å². The lowest BCUT2D eigenvalue weighted by Gasteiger charge is -1.97. The molecule has 0 aliphatic carbocycles. The van der Waals surface area contributed by atoms with E-state index in [-0.39, 0.29) is 0 Å². The Morgan fingerprint density at radius 2 is 2.14 bits per heavy atom. The van der Waals surface area contributed by atoms with Gasteiger partial charge in [-0.2, -0.15) is 0 Å². The molecule has 0 spiro atoms. The van der Waals surface area contributed by atoms with E-state index in [9.17, 15) is 4.39 Å². The first-order valence-electron chi connectivity index (χ1n) is 2.69. The fourth-order valence-electron chi connectivity index (χ4n) is 0.396. The summed E-state index contributed by atoms with van der Waals surface area (Å²) in [6.07, 6.45) is 1.58. The van der Waals surface area contributed by atoms with Gasteiger partial charge in [-0.3, -0.25) is 0 Å². The zero-order valence-corrected chi connectivity index (χ0v) is 4.95. The maximum Gasteiger partial charge on any atom is 0.131 e. The summed E-state index contributed by atoms with van der Waals surface area (Å²) in [4.78, 5) is 0. The van der Waals surface area contributed by atoms with Gasteiger partial charge in [0, 0.05) is 0 Å². The van der Waals surface area contributed by atoms with E-state index in [1.807, 2.05) is 0 Å². The molecule has 0 N–H and O–H groups in total. The Labute approximate surface area is 44.7 Å². The second-order valence-electron chi connectivity index (χ2n) is 2.13. The zero-order chi connectivity index (χ0) is 5.70. The van der Waals surface area contributed by atoms with Crippen LogP contribution in [-0.2, 0) is 0 Å². The lowest BCUT2D eigenvalue weighted by atomic mass is 10.1. The average Bonchev–Trinajstić information content (AvgIpc) is 1.61. The van der Waals surface area contributed by atoms with E-state index < -0.39 is 0 Å². The molecular weight excluding hydrogens is 91.1 g/mol. The van der Waals surface area contributed by atoms with Crippen LogP contribution in [0.15, 0.2) is 0 Å². The van der Waals surface area contributed by atoms with Crippen molar-refractivity contribution in [1.82, 2.24) is 0 Å². The van der Waals surface area contributed by atoms with Crippen LogP contribution in [0, 0.1) is 12.6 Å². The number of hydrogen-bond acceptors (Lipinski definition) is 0. The summed E-state index contributed by atoms with van der Waals surface area (Å²) in [6.45, 7) is 4.90. The quantitative estimate of drug-likeness (QED) is 0.515. The van der Waals surface area contributed by atoms with Crippen molar-refractivity contribution in [1.29, 1.82) is 0 Å². The summed E-state index contributed by atoms with van der Waals surface area (Å²) in [5, 5.41) is 0. The van der Waals surface area contributed by atoms with Crippen LogP contribution in [-0.4, -0.2) is 0 Å². The highest BCUT2D eigenvalue weighted by atomic mass is 19.1. The van der Waals surface area contributed by atoms with Crippen molar-refractivity contribution in [3.8, 4) is 0 Å². The molecule has 1 heteroatoms. The first kappa shape index (κ1) is 6.93. The minimum absolute atomic E-state index is 0.609. The van der Waals surface area contributed by atoms with Crippen LogP contribution in [0.5, 0.6) is 0 Å². The molecule has 0 amide bonds. The monoisotopic (exact) mass is 103 g/mol. The highest BCUT2D eigenvalue weighted by Crippen LogP contribution is 2.04. The van der Waals surface area contributed by atoms with Gasteiger partial charge in [0.1, 0.15) is 6.67 Å². The van der Waals surface area contributed by atoms with E-state index in [2.05, 4.69) is 13.8 Å². The lowest BCUT2D eigenvalue weighted by molar-refractivity contribution is 0.503. The van der Waals surface area contributed by atoms with Crippen LogP contribution in [0.4, 0.5) is 4.39 Å². The standard InChI is InChI=1S/C6H12F/c1-6(2)4-3-5-7/h5-6H,3-4H2,1-2H3. The highest BCUT2D eigenvalue weighted by molar-refractivity contribution is 4.50. The molecule has 0 aromatic carbocycles. The molecule has 0 atom stereocenters. The fraction of sp³-hybridized carbons (Fsp3) is 0.833. The molecule has 0 unspecified atom stereocenters. The number of halogens is 1. The van der Waals surface area contributed by atoms with Crippen molar-refractivity contribution in [3.63, 3.8) is 0 Å². The first-order chi connectivity index (χ1) is 3.27. The summed E-state index contributed by atoms with van der Waals surface area (Å²) in [7, 11) is 0. The number of rotatable bonds is 3. The Kier molecular flexibility index (Phi) is 4.06. The van der Waals surface area contributed by atoms with Gasteiger partial charge in [0.15, 0.2) is 0 Å². The maximum atomic E-state index is 11.2. The lowest BCUT2D eigenvalue weighted by Crippen LogP contribution is -1.83. The molecule has 0 rings (SSSR count). The van der Waals surface area contributed by atoms with Gasteiger partial charge in [0.25, 0.3) is 0 Å². The third kappa shape index (κ3) is 5.93. The SMILES string of the molecule is CC(C)CC[CH]F. The van der Waals surface area contributed by atoms with Crippen molar-refractivity contribution in [3.05, 3.63) is 6.67 Å². The molecule has 0 aliphatic heterocycles. The summed E-state index contributed by atoms with van der Waals surface area (Å²) < 4.78 is 11.2. The maximum absolute atomic E-state index is 11.2. The summed E-state index contributed by atoms with van der Waals surface area (Å²) in [6, 6.07) is 0. The molecule has 0 saturated heterocycles. The molecule has 0 aromatic heterocycles. The predicted molar refractivity (Wildman–Crippen MR) is 29.5 cm³/mol. The molecule has 0 aromatic rings. The molecule has 7 heavy (non-hydrogen) atoms. The Morgan fingerprint density at radius 3 is 2.29 bits per heavy atom. The van der Waals surface area contributed by atoms with E-state index >= 15 is 0 Å². The van der Waals surface area contributed by atoms with Gasteiger partial charge < -0.3 is 0 Å². The van der Waals surface area contributed by atoms with Crippen LogP contribution < -0.4 is 0 Å². The predicted octanol–water partition coefficient (Wildman–Crippen LogP) is 2.55. The molecule has 1 radical (unpaired) electrons. The van der Waals surface area contributed by atoms with E-state index in [1.165, 1.54) is 0 Å². The summed E-state index contributed by atoms with van der Waals surface area (Å²) in [5.74, 6) is 0.631. The van der Waals surface area contributed by atoms with Gasteiger partial charge in [-0.25, -0.2) is 4.39 Å². The van der Waals surface area contributed by atoms with Gasteiger partial charge in [-0.05, 0) is 18.8 Å². The van der Waals surface area contributed by atoms with Gasteiger partial charge in [-0.1, -0.05) is 13.8 Å². The molecule has 0 fully saturated rings. The summed E-state index contributed by atoms with van der Waals surface area (Å²) in [5.41, 5.74) is 0. The average molecular weight is 103 g/mol. The normalized spacial score (nSPS) is 10.3. The van der Waals surface area contributed by atoms with Gasteiger partial charge >= 0.3 is 0 Å². The van der Waals surface area contributed by atoms with Crippen molar-refractivity contribution in [2.45, 2.75) is 26.7 Å². The molecular formula is C6H12F. The van der Waals surface area contributed by atoms with Crippen LogP contribution in [0.2, 0.25) is 0 Å². The second-order valence-corrected chi connectivity index (χ2v) is 2.13. The second kappa shape index (κ2) is 4.10. The Balaban J connectivity index is 2.68. The first-order valence-corrected chi connectivity index (χ1v) is 2.69. The van der Waals surface area contributed by atoms with Crippen molar-refractivity contribution in [2.24, 2.45) is 5.92 Å². The number of hydrogen-bond donors (Lipinski definition) is 0. The Morgan fingerprint density at radius 1 is 1.57 bits per heavy atom. The van der Waals surface area contributed by atoms with Gasteiger partial charge in [0.2, 0.25) is 0 Å². The van der Waals surface area contributed by atoms with Crippen molar-refractivity contribution < 1.29 is 4.39 Å².